The summed E-state index contributed by atoms with van der Waals surface area (Å²) in [7, 11) is 1.77. The molecule has 0 aliphatic heterocycles. The van der Waals surface area contributed by atoms with Gasteiger partial charge in [-0.05, 0) is 0 Å². The van der Waals surface area contributed by atoms with Crippen LogP contribution in [0.1, 0.15) is 21.7 Å². The van der Waals surface area contributed by atoms with Crippen LogP contribution >= 0.6 is 0 Å². The molecule has 1 aromatic rings. The number of hydrogen-bond donors (Lipinski definition) is 0. The molecule has 2 atom stereocenters. The van der Waals surface area contributed by atoms with Gasteiger partial charge >= 0.3 is 100 Å². The van der Waals surface area contributed by atoms with Gasteiger partial charge in [-0.15, -0.1) is 0 Å². The first-order valence-corrected chi connectivity index (χ1v) is 6.21. The Morgan fingerprint density at radius 3 is 2.50 bits per heavy atom. The molecule has 4 heteroatoms. The van der Waals surface area contributed by atoms with Crippen LogP contribution in [-0.4, -0.2) is 13.2 Å². The van der Waals surface area contributed by atoms with E-state index in [2.05, 4.69) is 37.3 Å². The van der Waals surface area contributed by atoms with Gasteiger partial charge < -0.3 is 24.8 Å². The minimum Gasteiger partial charge on any atom is -1.00 e. The van der Waals surface area contributed by atoms with Gasteiger partial charge in [0.2, 0.25) is 0 Å². The van der Waals surface area contributed by atoms with Gasteiger partial charge in [-0.3, -0.25) is 0 Å². The second-order valence-corrected chi connectivity index (χ2v) is 5.09. The van der Waals surface area contributed by atoms with Crippen molar-refractivity contribution < 1.29 is 54.3 Å². The van der Waals surface area contributed by atoms with Crippen LogP contribution in [0, 0.1) is 0 Å². The summed E-state index contributed by atoms with van der Waals surface area (Å²) < 4.78 is 6.00. The number of fused-ring (bicyclic) bond motifs is 1. The number of allylic oxidation sites excluding steroid dienone is 1. The van der Waals surface area contributed by atoms with Crippen LogP contribution in [0.5, 0.6) is 0 Å². The van der Waals surface area contributed by atoms with E-state index in [-0.39, 0.29) is 30.9 Å². The maximum atomic E-state index is 5.38. The molecule has 1 nitrogen and oxygen atoms in total. The van der Waals surface area contributed by atoms with Crippen LogP contribution in [0.3, 0.4) is 0 Å². The molecule has 0 N–H and O–H groups in total. The zero-order valence-electron chi connectivity index (χ0n) is 9.21. The molecule has 0 radical (unpaired) electrons. The van der Waals surface area contributed by atoms with E-state index in [1.165, 1.54) is 16.7 Å². The van der Waals surface area contributed by atoms with Gasteiger partial charge in [0.15, 0.2) is 0 Å². The summed E-state index contributed by atoms with van der Waals surface area (Å²) in [4.78, 5) is 0. The number of hydrogen-bond acceptors (Lipinski definition) is 1. The summed E-state index contributed by atoms with van der Waals surface area (Å²) in [5, 5.41) is 0. The number of halogens is 2. The fraction of sp³-hybridized carbons (Fsp3) is 0.333. The fourth-order valence-corrected chi connectivity index (χ4v) is 2.93. The minimum absolute atomic E-state index is 0. The SMILES string of the molecule is COC(C)C1=C[CH]([Zr+2])c2ccccc21.[Cl-].[Cl-]. The summed E-state index contributed by atoms with van der Waals surface area (Å²) in [6, 6.07) is 8.63. The van der Waals surface area contributed by atoms with Crippen molar-refractivity contribution in [2.45, 2.75) is 16.7 Å². The number of rotatable bonds is 2. The van der Waals surface area contributed by atoms with Crippen LogP contribution in [0.25, 0.3) is 5.57 Å². The molecule has 1 aromatic carbocycles. The van der Waals surface area contributed by atoms with Crippen LogP contribution in [0.4, 0.5) is 0 Å². The molecular formula is C12H13Cl2OZr. The van der Waals surface area contributed by atoms with Crippen molar-refractivity contribution >= 4 is 5.57 Å². The van der Waals surface area contributed by atoms with Crippen molar-refractivity contribution in [3.8, 4) is 0 Å². The van der Waals surface area contributed by atoms with Gasteiger partial charge in [0.1, 0.15) is 0 Å². The van der Waals surface area contributed by atoms with Crippen molar-refractivity contribution in [3.05, 3.63) is 41.5 Å². The van der Waals surface area contributed by atoms with Gasteiger partial charge in [-0.2, -0.15) is 0 Å². The van der Waals surface area contributed by atoms with Gasteiger partial charge in [0.25, 0.3) is 0 Å². The first-order valence-electron chi connectivity index (χ1n) is 4.79. The zero-order chi connectivity index (χ0) is 10.1. The average molecular weight is 335 g/mol. The van der Waals surface area contributed by atoms with Crippen LogP contribution in [0.2, 0.25) is 0 Å². The Morgan fingerprint density at radius 1 is 1.25 bits per heavy atom. The maximum absolute atomic E-state index is 5.38. The van der Waals surface area contributed by atoms with E-state index in [0.29, 0.717) is 3.63 Å². The molecular weight excluding hydrogens is 322 g/mol. The maximum Gasteiger partial charge on any atom is -1.00 e. The summed E-state index contributed by atoms with van der Waals surface area (Å²) in [6.45, 7) is 2.11. The normalized spacial score (nSPS) is 19.0. The summed E-state index contributed by atoms with van der Waals surface area (Å²) in [6.07, 6.45) is 2.55. The standard InChI is InChI=1S/C12H13O.2ClH.Zr/c1-9(13-2)11-8-7-10-5-3-4-6-12(10)11;;;/h3-9H,1-2H3;2*1H;/q;;;+2/p-2. The second-order valence-electron chi connectivity index (χ2n) is 3.56. The quantitative estimate of drug-likeness (QED) is 0.551. The third kappa shape index (κ3) is 2.98. The molecule has 0 spiro atoms. The van der Waals surface area contributed by atoms with Crippen molar-refractivity contribution in [2.24, 2.45) is 0 Å². The van der Waals surface area contributed by atoms with Gasteiger partial charge in [-0.1, -0.05) is 0 Å². The first-order chi connectivity index (χ1) is 6.74. The van der Waals surface area contributed by atoms with Crippen LogP contribution in [0.15, 0.2) is 30.3 Å². The van der Waals surface area contributed by atoms with Gasteiger partial charge in [0, 0.05) is 0 Å². The Morgan fingerprint density at radius 2 is 1.88 bits per heavy atom. The van der Waals surface area contributed by atoms with E-state index in [0.717, 1.165) is 0 Å². The van der Waals surface area contributed by atoms with Crippen molar-refractivity contribution in [2.75, 3.05) is 7.11 Å². The molecule has 85 valence electrons. The van der Waals surface area contributed by atoms with Crippen molar-refractivity contribution in [1.29, 1.82) is 0 Å². The predicted octanol–water partition coefficient (Wildman–Crippen LogP) is -3.29. The fourth-order valence-electron chi connectivity index (χ4n) is 1.87. The number of benzene rings is 1. The molecule has 0 saturated carbocycles. The predicted molar refractivity (Wildman–Crippen MR) is 53.6 cm³/mol. The van der Waals surface area contributed by atoms with E-state index in [4.69, 9.17) is 4.74 Å². The molecule has 2 rings (SSSR count). The van der Waals surface area contributed by atoms with E-state index in [1.54, 1.807) is 31.8 Å². The second kappa shape index (κ2) is 6.96. The average Bonchev–Trinajstić information content (AvgIpc) is 2.56. The molecule has 0 bridgehead atoms. The Hall–Kier alpha value is 0.383. The Balaban J connectivity index is 0.00000112. The summed E-state index contributed by atoms with van der Waals surface area (Å²) >= 11 is 1.55. The van der Waals surface area contributed by atoms with E-state index in [9.17, 15) is 0 Å². The van der Waals surface area contributed by atoms with Crippen molar-refractivity contribution in [3.63, 3.8) is 0 Å². The molecule has 0 heterocycles. The van der Waals surface area contributed by atoms with Crippen LogP contribution < -0.4 is 24.8 Å². The molecule has 2 unspecified atom stereocenters. The van der Waals surface area contributed by atoms with E-state index < -0.39 is 0 Å². The molecule has 16 heavy (non-hydrogen) atoms. The minimum atomic E-state index is 0. The largest absolute Gasteiger partial charge is 1.00 e. The van der Waals surface area contributed by atoms with Gasteiger partial charge in [-0.25, -0.2) is 0 Å². The first kappa shape index (κ1) is 16.4. The topological polar surface area (TPSA) is 9.23 Å². The van der Waals surface area contributed by atoms with Crippen molar-refractivity contribution in [1.82, 2.24) is 0 Å². The Bertz CT molecular complexity index is 379. The Labute approximate surface area is 124 Å². The molecule has 1 aliphatic carbocycles. The number of methoxy groups -OCH3 is 1. The monoisotopic (exact) mass is 333 g/mol. The van der Waals surface area contributed by atoms with Crippen LogP contribution in [-0.2, 0) is 29.5 Å². The molecule has 0 fully saturated rings. The smallest absolute Gasteiger partial charge is 1.00 e. The zero-order valence-corrected chi connectivity index (χ0v) is 13.2. The van der Waals surface area contributed by atoms with E-state index in [1.807, 2.05) is 0 Å². The molecule has 0 saturated heterocycles. The Kier molecular flexibility index (Phi) is 7.13. The molecule has 0 amide bonds. The summed E-state index contributed by atoms with van der Waals surface area (Å²) in [5.41, 5.74) is 4.19. The summed E-state index contributed by atoms with van der Waals surface area (Å²) in [5.74, 6) is 0. The van der Waals surface area contributed by atoms with Gasteiger partial charge in [0.05, 0.1) is 0 Å². The molecule has 1 aliphatic rings. The third-order valence-corrected chi connectivity index (χ3v) is 3.92. The third-order valence-electron chi connectivity index (χ3n) is 2.74. The van der Waals surface area contributed by atoms with E-state index >= 15 is 0 Å². The molecule has 0 aromatic heterocycles. The number of ether oxygens (including phenoxy) is 1.